The lowest BCUT2D eigenvalue weighted by Crippen LogP contribution is -2.05. The van der Waals surface area contributed by atoms with Crippen LogP contribution in [0.4, 0.5) is 0 Å². The molecular weight excluding hydrogens is 334 g/mol. The van der Waals surface area contributed by atoms with E-state index in [9.17, 15) is 9.59 Å². The fourth-order valence-corrected chi connectivity index (χ4v) is 2.84. The number of aromatic nitrogens is 1. The fourth-order valence-electron chi connectivity index (χ4n) is 2.17. The summed E-state index contributed by atoms with van der Waals surface area (Å²) in [5, 5.41) is 0.713. The number of furan rings is 1. The average Bonchev–Trinajstić information content (AvgIpc) is 3.26. The molecule has 1 aromatic carbocycles. The van der Waals surface area contributed by atoms with Crippen LogP contribution in [0.1, 0.15) is 25.6 Å². The molecule has 0 aliphatic rings. The van der Waals surface area contributed by atoms with Crippen LogP contribution in [0.15, 0.2) is 35.1 Å². The van der Waals surface area contributed by atoms with Crippen molar-refractivity contribution in [2.24, 2.45) is 0 Å². The van der Waals surface area contributed by atoms with E-state index in [-0.39, 0.29) is 6.61 Å². The molecule has 2 aromatic heterocycles. The highest BCUT2D eigenvalue weighted by atomic mass is 32.1. The summed E-state index contributed by atoms with van der Waals surface area (Å²) in [5.41, 5.74) is 1.42. The van der Waals surface area contributed by atoms with E-state index in [2.05, 4.69) is 4.37 Å². The zero-order valence-corrected chi connectivity index (χ0v) is 13.7. The predicted molar refractivity (Wildman–Crippen MR) is 85.3 cm³/mol. The Morgan fingerprint density at radius 2 is 2.00 bits per heavy atom. The summed E-state index contributed by atoms with van der Waals surface area (Å²) in [6, 6.07) is 4.89. The third-order valence-electron chi connectivity index (χ3n) is 3.35. The van der Waals surface area contributed by atoms with Crippen LogP contribution in [0.2, 0.25) is 0 Å². The van der Waals surface area contributed by atoms with Crippen molar-refractivity contribution in [3.63, 3.8) is 0 Å². The van der Waals surface area contributed by atoms with Crippen LogP contribution in [0.3, 0.4) is 0 Å². The van der Waals surface area contributed by atoms with Crippen LogP contribution in [0.25, 0.3) is 11.0 Å². The third kappa shape index (κ3) is 2.95. The molecule has 0 aliphatic carbocycles. The van der Waals surface area contributed by atoms with E-state index in [1.807, 2.05) is 0 Å². The molecule has 0 amide bonds. The molecule has 0 N–H and O–H groups in total. The zero-order chi connectivity index (χ0) is 17.1. The van der Waals surface area contributed by atoms with Gasteiger partial charge in [0.1, 0.15) is 22.8 Å². The van der Waals surface area contributed by atoms with E-state index in [0.717, 1.165) is 11.5 Å². The maximum Gasteiger partial charge on any atom is 0.350 e. The van der Waals surface area contributed by atoms with E-state index in [0.29, 0.717) is 32.7 Å². The molecule has 124 valence electrons. The maximum absolute atomic E-state index is 11.8. The van der Waals surface area contributed by atoms with Crippen molar-refractivity contribution in [2.75, 3.05) is 14.2 Å². The highest BCUT2D eigenvalue weighted by Crippen LogP contribution is 2.30. The average molecular weight is 347 g/mol. The van der Waals surface area contributed by atoms with Gasteiger partial charge in [0.2, 0.25) is 0 Å². The van der Waals surface area contributed by atoms with Gasteiger partial charge >= 0.3 is 11.9 Å². The first-order valence-corrected chi connectivity index (χ1v) is 7.65. The molecule has 0 saturated heterocycles. The normalized spacial score (nSPS) is 10.6. The van der Waals surface area contributed by atoms with E-state index >= 15 is 0 Å². The number of ether oxygens (including phenoxy) is 3. The Kier molecular flexibility index (Phi) is 4.48. The number of methoxy groups -OCH3 is 2. The molecule has 0 saturated carbocycles. The fraction of sp³-hybridized carbons (Fsp3) is 0.188. The minimum Gasteiger partial charge on any atom is -0.488 e. The molecule has 0 radical (unpaired) electrons. The number of hydrogen-bond acceptors (Lipinski definition) is 8. The second kappa shape index (κ2) is 6.71. The topological polar surface area (TPSA) is 87.9 Å². The lowest BCUT2D eigenvalue weighted by atomic mass is 10.1. The molecule has 0 bridgehead atoms. The van der Waals surface area contributed by atoms with Gasteiger partial charge in [-0.05, 0) is 29.7 Å². The quantitative estimate of drug-likeness (QED) is 0.655. The predicted octanol–water partition coefficient (Wildman–Crippen LogP) is 3.04. The van der Waals surface area contributed by atoms with E-state index in [4.69, 9.17) is 18.6 Å². The van der Waals surface area contributed by atoms with E-state index < -0.39 is 11.9 Å². The molecule has 8 heteroatoms. The van der Waals surface area contributed by atoms with Gasteiger partial charge in [0.25, 0.3) is 0 Å². The van der Waals surface area contributed by atoms with Crippen molar-refractivity contribution in [3.8, 4) is 5.75 Å². The molecule has 3 aromatic rings. The number of esters is 2. The van der Waals surface area contributed by atoms with Crippen LogP contribution in [-0.2, 0) is 16.1 Å². The Morgan fingerprint density at radius 3 is 2.75 bits per heavy atom. The lowest BCUT2D eigenvalue weighted by molar-refractivity contribution is 0.0594. The summed E-state index contributed by atoms with van der Waals surface area (Å²) in [4.78, 5) is 23.8. The van der Waals surface area contributed by atoms with Crippen molar-refractivity contribution in [1.82, 2.24) is 4.37 Å². The van der Waals surface area contributed by atoms with Gasteiger partial charge in [-0.1, -0.05) is 0 Å². The first-order chi connectivity index (χ1) is 11.6. The minimum absolute atomic E-state index is 0.103. The number of carbonyl (C=O) groups excluding carboxylic acids is 2. The minimum atomic E-state index is -0.495. The number of nitrogens with zero attached hydrogens (tertiary/aromatic N) is 1. The maximum atomic E-state index is 11.8. The van der Waals surface area contributed by atoms with Gasteiger partial charge in [0.05, 0.1) is 31.4 Å². The molecule has 7 nitrogen and oxygen atoms in total. The van der Waals surface area contributed by atoms with Crippen LogP contribution in [-0.4, -0.2) is 30.5 Å². The van der Waals surface area contributed by atoms with Gasteiger partial charge in [0.15, 0.2) is 0 Å². The summed E-state index contributed by atoms with van der Waals surface area (Å²) in [6.07, 6.45) is 3.05. The van der Waals surface area contributed by atoms with Crippen molar-refractivity contribution in [3.05, 3.63) is 46.7 Å². The van der Waals surface area contributed by atoms with Crippen molar-refractivity contribution in [1.29, 1.82) is 0 Å². The summed E-state index contributed by atoms with van der Waals surface area (Å²) >= 11 is 1.04. The molecule has 0 unspecified atom stereocenters. The van der Waals surface area contributed by atoms with Crippen LogP contribution >= 0.6 is 11.5 Å². The number of carbonyl (C=O) groups is 2. The molecule has 0 fully saturated rings. The number of rotatable bonds is 5. The first-order valence-electron chi connectivity index (χ1n) is 6.88. The van der Waals surface area contributed by atoms with Gasteiger partial charge < -0.3 is 18.6 Å². The number of benzene rings is 1. The molecule has 0 spiro atoms. The summed E-state index contributed by atoms with van der Waals surface area (Å²) in [6.45, 7) is 0.103. The van der Waals surface area contributed by atoms with E-state index in [1.165, 1.54) is 20.5 Å². The van der Waals surface area contributed by atoms with Gasteiger partial charge in [-0.25, -0.2) is 9.59 Å². The second-order valence-electron chi connectivity index (χ2n) is 4.76. The SMILES string of the molecule is COC(=O)c1cc(OCc2cnsc2C(=O)OC)c2ccoc2c1. The third-order valence-corrected chi connectivity index (χ3v) is 4.18. The molecule has 0 atom stereocenters. The molecule has 0 aliphatic heterocycles. The Morgan fingerprint density at radius 1 is 1.21 bits per heavy atom. The number of fused-ring (bicyclic) bond motifs is 1. The molecule has 24 heavy (non-hydrogen) atoms. The Balaban J connectivity index is 1.90. The molecule has 2 heterocycles. The van der Waals surface area contributed by atoms with Gasteiger partial charge in [-0.15, -0.1) is 0 Å². The highest BCUT2D eigenvalue weighted by molar-refractivity contribution is 7.08. The van der Waals surface area contributed by atoms with Crippen molar-refractivity contribution in [2.45, 2.75) is 6.61 Å². The van der Waals surface area contributed by atoms with Gasteiger partial charge in [-0.2, -0.15) is 4.37 Å². The molecular formula is C16H13NO6S. The summed E-state index contributed by atoms with van der Waals surface area (Å²) in [7, 11) is 2.61. The van der Waals surface area contributed by atoms with Crippen molar-refractivity contribution < 1.29 is 28.2 Å². The zero-order valence-electron chi connectivity index (χ0n) is 12.9. The van der Waals surface area contributed by atoms with E-state index in [1.54, 1.807) is 24.4 Å². The lowest BCUT2D eigenvalue weighted by Gasteiger charge is -2.09. The monoisotopic (exact) mass is 347 g/mol. The molecule has 3 rings (SSSR count). The highest BCUT2D eigenvalue weighted by Gasteiger charge is 2.17. The Bertz CT molecular complexity index is 897. The number of hydrogen-bond donors (Lipinski definition) is 0. The van der Waals surface area contributed by atoms with Crippen LogP contribution in [0.5, 0.6) is 5.75 Å². The van der Waals surface area contributed by atoms with Gasteiger partial charge in [-0.3, -0.25) is 0 Å². The summed E-state index contributed by atoms with van der Waals surface area (Å²) in [5.74, 6) is -0.512. The second-order valence-corrected chi connectivity index (χ2v) is 5.56. The first kappa shape index (κ1) is 16.0. The van der Waals surface area contributed by atoms with Crippen LogP contribution < -0.4 is 4.74 Å². The van der Waals surface area contributed by atoms with Gasteiger partial charge in [0, 0.05) is 11.8 Å². The largest absolute Gasteiger partial charge is 0.488 e. The summed E-state index contributed by atoms with van der Waals surface area (Å²) < 4.78 is 24.5. The van der Waals surface area contributed by atoms with Crippen LogP contribution in [0, 0.1) is 0 Å². The standard InChI is InChI=1S/C16H13NO6S/c1-20-15(18)9-5-12-11(3-4-22-12)13(6-9)23-8-10-7-17-24-14(10)16(19)21-2/h3-7H,8H2,1-2H3. The Hall–Kier alpha value is -2.87. The smallest absolute Gasteiger partial charge is 0.350 e. The van der Waals surface area contributed by atoms with Crippen molar-refractivity contribution >= 4 is 34.4 Å². The Labute approximate surface area is 140 Å².